The van der Waals surface area contributed by atoms with E-state index in [0.717, 1.165) is 17.0 Å². The Bertz CT molecular complexity index is 1190. The third kappa shape index (κ3) is 4.81. The molecule has 2 aromatic carbocycles. The number of hydrogen-bond donors (Lipinski definition) is 0. The Morgan fingerprint density at radius 3 is 2.50 bits per heavy atom. The lowest BCUT2D eigenvalue weighted by Crippen LogP contribution is -2.38. The van der Waals surface area contributed by atoms with E-state index < -0.39 is 9.84 Å². The molecule has 0 N–H and O–H groups in total. The van der Waals surface area contributed by atoms with Gasteiger partial charge < -0.3 is 9.64 Å². The Balaban J connectivity index is 1.57. The summed E-state index contributed by atoms with van der Waals surface area (Å²) in [6, 6.07) is 17.0. The highest BCUT2D eigenvalue weighted by molar-refractivity contribution is 7.99. The van der Waals surface area contributed by atoms with Gasteiger partial charge in [-0.05, 0) is 42.8 Å². The number of carbonyl (C=O) groups excluding carboxylic acids is 1. The van der Waals surface area contributed by atoms with Crippen LogP contribution in [0.15, 0.2) is 59.8 Å². The Morgan fingerprint density at radius 2 is 1.88 bits per heavy atom. The fourth-order valence-electron chi connectivity index (χ4n) is 3.61. The molecule has 1 atom stereocenters. The predicted octanol–water partition coefficient (Wildman–Crippen LogP) is 2.68. The topological polar surface area (TPSA) is 94.4 Å². The van der Waals surface area contributed by atoms with Crippen molar-refractivity contribution in [3.8, 4) is 22.8 Å². The lowest BCUT2D eigenvalue weighted by molar-refractivity contribution is -0.128. The summed E-state index contributed by atoms with van der Waals surface area (Å²) in [5.74, 6) is 1.57. The molecule has 3 aromatic rings. The number of amides is 1. The van der Waals surface area contributed by atoms with Crippen LogP contribution in [0.25, 0.3) is 17.1 Å². The van der Waals surface area contributed by atoms with Crippen LogP contribution < -0.4 is 4.74 Å². The molecule has 8 nitrogen and oxygen atoms in total. The zero-order valence-electron chi connectivity index (χ0n) is 17.8. The summed E-state index contributed by atoms with van der Waals surface area (Å²) in [7, 11) is 0.230. The Kier molecular flexibility index (Phi) is 6.52. The molecular formula is C22H24N4O4S2. The van der Waals surface area contributed by atoms with Crippen molar-refractivity contribution in [2.45, 2.75) is 17.6 Å². The van der Waals surface area contributed by atoms with Crippen molar-refractivity contribution < 1.29 is 17.9 Å². The molecule has 0 aliphatic carbocycles. The van der Waals surface area contributed by atoms with Gasteiger partial charge in [0.15, 0.2) is 20.8 Å². The molecule has 1 aliphatic heterocycles. The lowest BCUT2D eigenvalue weighted by Gasteiger charge is -2.23. The molecule has 0 radical (unpaired) electrons. The van der Waals surface area contributed by atoms with Gasteiger partial charge in [0.2, 0.25) is 5.91 Å². The van der Waals surface area contributed by atoms with Crippen molar-refractivity contribution in [1.82, 2.24) is 19.7 Å². The molecule has 0 saturated carbocycles. The predicted molar refractivity (Wildman–Crippen MR) is 124 cm³/mol. The second-order valence-electron chi connectivity index (χ2n) is 7.56. The summed E-state index contributed by atoms with van der Waals surface area (Å²) in [6.45, 7) is 0. The number of sulfone groups is 1. The fourth-order valence-corrected chi connectivity index (χ4v) is 6.26. The van der Waals surface area contributed by atoms with E-state index in [-0.39, 0.29) is 29.2 Å². The molecule has 1 aliphatic rings. The fraction of sp³-hybridized carbons (Fsp3) is 0.318. The number of methoxy groups -OCH3 is 1. The van der Waals surface area contributed by atoms with Gasteiger partial charge in [-0.1, -0.05) is 30.0 Å². The maximum Gasteiger partial charge on any atom is 0.233 e. The number of ether oxygens (including phenoxy) is 1. The molecule has 0 bridgehead atoms. The molecule has 2 heterocycles. The normalized spacial score (nSPS) is 17.2. The number of rotatable bonds is 7. The molecule has 4 rings (SSSR count). The zero-order chi connectivity index (χ0) is 22.7. The Labute approximate surface area is 191 Å². The van der Waals surface area contributed by atoms with E-state index >= 15 is 0 Å². The zero-order valence-corrected chi connectivity index (χ0v) is 19.5. The second kappa shape index (κ2) is 9.33. The SMILES string of the molecule is COc1ccc(-c2nnc(SCC(=O)N(C)[C@@H]3CCS(=O)(=O)C3)n2-c2ccccc2)cc1. The van der Waals surface area contributed by atoms with Crippen molar-refractivity contribution >= 4 is 27.5 Å². The largest absolute Gasteiger partial charge is 0.497 e. The average molecular weight is 473 g/mol. The number of thioether (sulfide) groups is 1. The van der Waals surface area contributed by atoms with E-state index in [1.165, 1.54) is 11.8 Å². The third-order valence-electron chi connectivity index (χ3n) is 5.47. The molecule has 1 aromatic heterocycles. The van der Waals surface area contributed by atoms with Gasteiger partial charge in [0, 0.05) is 24.3 Å². The molecule has 0 unspecified atom stereocenters. The highest BCUT2D eigenvalue weighted by Gasteiger charge is 2.32. The number of nitrogens with zero attached hydrogens (tertiary/aromatic N) is 4. The van der Waals surface area contributed by atoms with Crippen molar-refractivity contribution in [3.05, 3.63) is 54.6 Å². The number of hydrogen-bond acceptors (Lipinski definition) is 7. The van der Waals surface area contributed by atoms with E-state index in [1.54, 1.807) is 19.1 Å². The smallest absolute Gasteiger partial charge is 0.233 e. The second-order valence-corrected chi connectivity index (χ2v) is 10.7. The van der Waals surface area contributed by atoms with Gasteiger partial charge in [-0.3, -0.25) is 9.36 Å². The molecule has 168 valence electrons. The lowest BCUT2D eigenvalue weighted by atomic mass is 10.2. The van der Waals surface area contributed by atoms with Crippen molar-refractivity contribution in [2.75, 3.05) is 31.4 Å². The average Bonchev–Trinajstić information content (AvgIpc) is 3.40. The van der Waals surface area contributed by atoms with Gasteiger partial charge in [0.25, 0.3) is 0 Å². The van der Waals surface area contributed by atoms with Crippen LogP contribution >= 0.6 is 11.8 Å². The van der Waals surface area contributed by atoms with Gasteiger partial charge in [-0.25, -0.2) is 8.42 Å². The van der Waals surface area contributed by atoms with E-state index in [2.05, 4.69) is 10.2 Å². The monoisotopic (exact) mass is 472 g/mol. The molecule has 1 saturated heterocycles. The van der Waals surface area contributed by atoms with Gasteiger partial charge in [0.1, 0.15) is 5.75 Å². The standard InChI is InChI=1S/C22H24N4O4S2/c1-25(18-12-13-32(28,29)15-18)20(27)14-31-22-24-23-21(16-8-10-19(30-2)11-9-16)26(22)17-6-4-3-5-7-17/h3-11,18H,12-15H2,1-2H3/t18-/m1/s1. The summed E-state index contributed by atoms with van der Waals surface area (Å²) >= 11 is 1.28. The molecule has 32 heavy (non-hydrogen) atoms. The van der Waals surface area contributed by atoms with Crippen molar-refractivity contribution in [1.29, 1.82) is 0 Å². The first kappa shape index (κ1) is 22.3. The summed E-state index contributed by atoms with van der Waals surface area (Å²) in [5, 5.41) is 9.31. The number of aromatic nitrogens is 3. The number of carbonyl (C=O) groups is 1. The van der Waals surface area contributed by atoms with Crippen LogP contribution in [0.5, 0.6) is 5.75 Å². The maximum absolute atomic E-state index is 12.7. The molecule has 0 spiro atoms. The van der Waals surface area contributed by atoms with Gasteiger partial charge in [0.05, 0.1) is 24.4 Å². The van der Waals surface area contributed by atoms with E-state index in [0.29, 0.717) is 17.4 Å². The van der Waals surface area contributed by atoms with E-state index in [1.807, 2.05) is 59.2 Å². The van der Waals surface area contributed by atoms with Crippen LogP contribution in [-0.2, 0) is 14.6 Å². The van der Waals surface area contributed by atoms with Gasteiger partial charge in [-0.2, -0.15) is 0 Å². The molecule has 1 amide bonds. The first-order valence-corrected chi connectivity index (χ1v) is 12.9. The quantitative estimate of drug-likeness (QED) is 0.488. The van der Waals surface area contributed by atoms with Crippen LogP contribution in [-0.4, -0.2) is 71.4 Å². The first-order chi connectivity index (χ1) is 15.4. The molecule has 1 fully saturated rings. The van der Waals surface area contributed by atoms with Crippen LogP contribution in [0, 0.1) is 0 Å². The minimum atomic E-state index is -3.05. The van der Waals surface area contributed by atoms with E-state index in [4.69, 9.17) is 4.74 Å². The molecular weight excluding hydrogens is 448 g/mol. The van der Waals surface area contributed by atoms with Gasteiger partial charge in [-0.15, -0.1) is 10.2 Å². The Hall–Kier alpha value is -2.85. The first-order valence-electron chi connectivity index (χ1n) is 10.1. The number of benzene rings is 2. The summed E-state index contributed by atoms with van der Waals surface area (Å²) in [4.78, 5) is 14.3. The van der Waals surface area contributed by atoms with Crippen LogP contribution in [0.1, 0.15) is 6.42 Å². The molecule has 10 heteroatoms. The third-order valence-corrected chi connectivity index (χ3v) is 8.13. The Morgan fingerprint density at radius 1 is 1.16 bits per heavy atom. The number of para-hydroxylation sites is 1. The minimum absolute atomic E-state index is 0.0295. The summed E-state index contributed by atoms with van der Waals surface area (Å²) in [5.41, 5.74) is 1.75. The minimum Gasteiger partial charge on any atom is -0.497 e. The van der Waals surface area contributed by atoms with E-state index in [9.17, 15) is 13.2 Å². The van der Waals surface area contributed by atoms with Crippen LogP contribution in [0.4, 0.5) is 0 Å². The van der Waals surface area contributed by atoms with Crippen molar-refractivity contribution in [2.24, 2.45) is 0 Å². The summed E-state index contributed by atoms with van der Waals surface area (Å²) < 4.78 is 30.7. The van der Waals surface area contributed by atoms with Crippen LogP contribution in [0.2, 0.25) is 0 Å². The summed E-state index contributed by atoms with van der Waals surface area (Å²) in [6.07, 6.45) is 0.483. The van der Waals surface area contributed by atoms with Gasteiger partial charge >= 0.3 is 0 Å². The van der Waals surface area contributed by atoms with Crippen molar-refractivity contribution in [3.63, 3.8) is 0 Å². The highest BCUT2D eigenvalue weighted by Crippen LogP contribution is 2.29. The maximum atomic E-state index is 12.7. The highest BCUT2D eigenvalue weighted by atomic mass is 32.2. The van der Waals surface area contributed by atoms with Crippen LogP contribution in [0.3, 0.4) is 0 Å².